The van der Waals surface area contributed by atoms with E-state index < -0.39 is 12.1 Å². The lowest BCUT2D eigenvalue weighted by Gasteiger charge is -2.15. The fourth-order valence-electron chi connectivity index (χ4n) is 2.34. The number of anilines is 2. The number of amides is 2. The van der Waals surface area contributed by atoms with Crippen molar-refractivity contribution in [2.45, 2.75) is 32.8 Å². The first-order chi connectivity index (χ1) is 13.9. The molecule has 0 saturated heterocycles. The van der Waals surface area contributed by atoms with Gasteiger partial charge in [-0.25, -0.2) is 0 Å². The monoisotopic (exact) mass is 418 g/mol. The number of carbonyl (C=O) groups excluding carboxylic acids is 3. The molecule has 0 heterocycles. The molecule has 1 atom stereocenters. The minimum absolute atomic E-state index is 0.0249. The standard InChI is InChI=1S/C21H23ClN2O5/c1-3-28-20(26)13-12-19(25)23-15-8-10-16(11-9-15)24-21(27)14(2)29-18-7-5-4-6-17(18)22/h4-11,14H,3,12-13H2,1-2H3,(H,23,25)(H,24,27). The average Bonchev–Trinajstić information content (AvgIpc) is 2.70. The first-order valence-electron chi connectivity index (χ1n) is 9.16. The molecule has 0 aliphatic carbocycles. The van der Waals surface area contributed by atoms with Crippen LogP contribution in [-0.4, -0.2) is 30.5 Å². The average molecular weight is 419 g/mol. The van der Waals surface area contributed by atoms with Crippen LogP contribution in [0.4, 0.5) is 11.4 Å². The van der Waals surface area contributed by atoms with Crippen molar-refractivity contribution in [3.8, 4) is 5.75 Å². The van der Waals surface area contributed by atoms with Crippen LogP contribution >= 0.6 is 11.6 Å². The Morgan fingerprint density at radius 1 is 0.966 bits per heavy atom. The van der Waals surface area contributed by atoms with E-state index in [4.69, 9.17) is 21.1 Å². The van der Waals surface area contributed by atoms with E-state index in [9.17, 15) is 14.4 Å². The molecule has 29 heavy (non-hydrogen) atoms. The molecule has 2 aromatic rings. The summed E-state index contributed by atoms with van der Waals surface area (Å²) in [6.07, 6.45) is -0.692. The van der Waals surface area contributed by atoms with Crippen LogP contribution < -0.4 is 15.4 Å². The van der Waals surface area contributed by atoms with Gasteiger partial charge in [-0.15, -0.1) is 0 Å². The van der Waals surface area contributed by atoms with Crippen molar-refractivity contribution in [3.63, 3.8) is 0 Å². The minimum atomic E-state index is -0.753. The van der Waals surface area contributed by atoms with Crippen molar-refractivity contribution in [2.75, 3.05) is 17.2 Å². The smallest absolute Gasteiger partial charge is 0.306 e. The number of benzene rings is 2. The van der Waals surface area contributed by atoms with Crippen LogP contribution in [0.5, 0.6) is 5.75 Å². The topological polar surface area (TPSA) is 93.7 Å². The van der Waals surface area contributed by atoms with Crippen LogP contribution in [0.2, 0.25) is 5.02 Å². The number of nitrogens with one attached hydrogen (secondary N) is 2. The van der Waals surface area contributed by atoms with Gasteiger partial charge in [0.05, 0.1) is 18.1 Å². The molecular weight excluding hydrogens is 396 g/mol. The zero-order chi connectivity index (χ0) is 21.2. The highest BCUT2D eigenvalue weighted by molar-refractivity contribution is 6.32. The van der Waals surface area contributed by atoms with Crippen molar-refractivity contribution in [2.24, 2.45) is 0 Å². The quantitative estimate of drug-likeness (QED) is 0.599. The normalized spacial score (nSPS) is 11.3. The summed E-state index contributed by atoms with van der Waals surface area (Å²) in [6.45, 7) is 3.62. The number of halogens is 1. The zero-order valence-electron chi connectivity index (χ0n) is 16.2. The van der Waals surface area contributed by atoms with Crippen LogP contribution in [0, 0.1) is 0 Å². The number of carbonyl (C=O) groups is 3. The second kappa shape index (κ2) is 11.1. The van der Waals surface area contributed by atoms with Gasteiger partial charge in [0.1, 0.15) is 5.75 Å². The van der Waals surface area contributed by atoms with E-state index in [0.717, 1.165) is 0 Å². The molecule has 8 heteroatoms. The SMILES string of the molecule is CCOC(=O)CCC(=O)Nc1ccc(NC(=O)C(C)Oc2ccccc2Cl)cc1. The minimum Gasteiger partial charge on any atom is -0.479 e. The second-order valence-corrected chi connectivity index (χ2v) is 6.52. The van der Waals surface area contributed by atoms with Crippen LogP contribution in [0.25, 0.3) is 0 Å². The molecule has 0 saturated carbocycles. The summed E-state index contributed by atoms with van der Waals surface area (Å²) in [5, 5.41) is 5.84. The lowest BCUT2D eigenvalue weighted by molar-refractivity contribution is -0.144. The molecule has 154 valence electrons. The Hall–Kier alpha value is -3.06. The summed E-state index contributed by atoms with van der Waals surface area (Å²) < 4.78 is 10.4. The fraction of sp³-hybridized carbons (Fsp3) is 0.286. The van der Waals surface area contributed by atoms with E-state index in [0.29, 0.717) is 22.1 Å². The molecule has 2 aromatic carbocycles. The largest absolute Gasteiger partial charge is 0.479 e. The molecule has 0 spiro atoms. The van der Waals surface area contributed by atoms with Crippen molar-refractivity contribution >= 4 is 40.8 Å². The van der Waals surface area contributed by atoms with Gasteiger partial charge in [0.15, 0.2) is 6.10 Å². The highest BCUT2D eigenvalue weighted by Crippen LogP contribution is 2.24. The van der Waals surface area contributed by atoms with Crippen LogP contribution in [-0.2, 0) is 19.1 Å². The fourth-order valence-corrected chi connectivity index (χ4v) is 2.52. The number of para-hydroxylation sites is 1. The number of ether oxygens (including phenoxy) is 2. The summed E-state index contributed by atoms with van der Waals surface area (Å²) in [7, 11) is 0. The molecule has 7 nitrogen and oxygen atoms in total. The molecule has 0 aromatic heterocycles. The maximum absolute atomic E-state index is 12.3. The maximum atomic E-state index is 12.3. The van der Waals surface area contributed by atoms with Gasteiger partial charge >= 0.3 is 5.97 Å². The molecule has 0 bridgehead atoms. The second-order valence-electron chi connectivity index (χ2n) is 6.11. The summed E-state index contributed by atoms with van der Waals surface area (Å²) in [4.78, 5) is 35.4. The van der Waals surface area contributed by atoms with Crippen LogP contribution in [0.3, 0.4) is 0 Å². The number of esters is 1. The van der Waals surface area contributed by atoms with Crippen molar-refractivity contribution < 1.29 is 23.9 Å². The Bertz CT molecular complexity index is 854. The van der Waals surface area contributed by atoms with Crippen molar-refractivity contribution in [1.82, 2.24) is 0 Å². The molecule has 2 rings (SSSR count). The molecular formula is C21H23ClN2O5. The van der Waals surface area contributed by atoms with Gasteiger partial charge in [-0.1, -0.05) is 23.7 Å². The predicted octanol–water partition coefficient (Wildman–Crippen LogP) is 4.03. The van der Waals surface area contributed by atoms with Gasteiger partial charge in [-0.3, -0.25) is 14.4 Å². The summed E-state index contributed by atoms with van der Waals surface area (Å²) in [5.74, 6) is -0.612. The number of rotatable bonds is 9. The van der Waals surface area contributed by atoms with Crippen LogP contribution in [0.1, 0.15) is 26.7 Å². The molecule has 2 N–H and O–H groups in total. The third-order valence-corrected chi connectivity index (χ3v) is 4.12. The van der Waals surface area contributed by atoms with Gasteiger partial charge in [0.2, 0.25) is 5.91 Å². The van der Waals surface area contributed by atoms with Gasteiger partial charge < -0.3 is 20.1 Å². The lowest BCUT2D eigenvalue weighted by atomic mass is 10.2. The molecule has 2 amide bonds. The summed E-state index contributed by atoms with van der Waals surface area (Å²) in [5.41, 5.74) is 1.10. The van der Waals surface area contributed by atoms with E-state index >= 15 is 0 Å². The first-order valence-corrected chi connectivity index (χ1v) is 9.54. The zero-order valence-corrected chi connectivity index (χ0v) is 17.0. The number of hydrogen-bond donors (Lipinski definition) is 2. The van der Waals surface area contributed by atoms with Gasteiger partial charge in [-0.05, 0) is 50.2 Å². The van der Waals surface area contributed by atoms with Gasteiger partial charge in [0, 0.05) is 17.8 Å². The van der Waals surface area contributed by atoms with Crippen molar-refractivity contribution in [3.05, 3.63) is 53.6 Å². The molecule has 0 radical (unpaired) electrons. The summed E-state index contributed by atoms with van der Waals surface area (Å²) >= 11 is 6.03. The number of hydrogen-bond acceptors (Lipinski definition) is 5. The van der Waals surface area contributed by atoms with Gasteiger partial charge in [0.25, 0.3) is 5.91 Å². The Morgan fingerprint density at radius 2 is 1.59 bits per heavy atom. The lowest BCUT2D eigenvalue weighted by Crippen LogP contribution is -2.30. The molecule has 0 fully saturated rings. The Morgan fingerprint density at radius 3 is 2.21 bits per heavy atom. The third kappa shape index (κ3) is 7.46. The van der Waals surface area contributed by atoms with Crippen molar-refractivity contribution in [1.29, 1.82) is 0 Å². The van der Waals surface area contributed by atoms with Gasteiger partial charge in [-0.2, -0.15) is 0 Å². The van der Waals surface area contributed by atoms with E-state index in [1.807, 2.05) is 0 Å². The Balaban J connectivity index is 1.83. The predicted molar refractivity (Wildman–Crippen MR) is 111 cm³/mol. The molecule has 0 aliphatic heterocycles. The molecule has 1 unspecified atom stereocenters. The van der Waals surface area contributed by atoms with E-state index in [1.165, 1.54) is 0 Å². The highest BCUT2D eigenvalue weighted by atomic mass is 35.5. The van der Waals surface area contributed by atoms with E-state index in [2.05, 4.69) is 10.6 Å². The summed E-state index contributed by atoms with van der Waals surface area (Å²) in [6, 6.07) is 13.5. The first kappa shape index (κ1) is 22.2. The maximum Gasteiger partial charge on any atom is 0.306 e. The molecule has 0 aliphatic rings. The highest BCUT2D eigenvalue weighted by Gasteiger charge is 2.16. The third-order valence-electron chi connectivity index (χ3n) is 3.81. The van der Waals surface area contributed by atoms with E-state index in [1.54, 1.807) is 62.4 Å². The Labute approximate surface area is 174 Å². The van der Waals surface area contributed by atoms with Crippen LogP contribution in [0.15, 0.2) is 48.5 Å². The van der Waals surface area contributed by atoms with E-state index in [-0.39, 0.29) is 31.3 Å². The Kier molecular flexibility index (Phi) is 8.48.